The van der Waals surface area contributed by atoms with Gasteiger partial charge in [0.25, 0.3) is 15.9 Å². The van der Waals surface area contributed by atoms with Crippen LogP contribution in [-0.2, 0) is 23.5 Å². The molecular formula is C26H34N6O4S. The van der Waals surface area contributed by atoms with Gasteiger partial charge in [0, 0.05) is 38.1 Å². The highest BCUT2D eigenvalue weighted by Gasteiger charge is 2.34. The summed E-state index contributed by atoms with van der Waals surface area (Å²) in [7, 11) is -2.28. The van der Waals surface area contributed by atoms with Crippen LogP contribution in [0.15, 0.2) is 66.1 Å². The molecule has 1 saturated heterocycles. The molecule has 2 aromatic heterocycles. The van der Waals surface area contributed by atoms with Gasteiger partial charge in [0.2, 0.25) is 0 Å². The number of rotatable bonds is 11. The maximum atomic E-state index is 13.5. The van der Waals surface area contributed by atoms with E-state index in [0.717, 1.165) is 24.9 Å². The molecular weight excluding hydrogens is 492 g/mol. The minimum Gasteiger partial charge on any atom is -0.390 e. The van der Waals surface area contributed by atoms with Crippen LogP contribution >= 0.6 is 0 Å². The minimum atomic E-state index is -3.98. The monoisotopic (exact) mass is 526 g/mol. The van der Waals surface area contributed by atoms with Crippen molar-refractivity contribution in [3.63, 3.8) is 0 Å². The number of imidazole rings is 1. The van der Waals surface area contributed by atoms with E-state index in [1.165, 1.54) is 16.8 Å². The zero-order valence-corrected chi connectivity index (χ0v) is 21.9. The number of aliphatic hydroxyl groups excluding tert-OH is 1. The van der Waals surface area contributed by atoms with E-state index in [2.05, 4.69) is 20.6 Å². The number of nitrogens with zero attached hydrogens (tertiary/aromatic N) is 4. The molecule has 1 aromatic carbocycles. The Kier molecular flexibility index (Phi) is 8.70. The molecule has 0 radical (unpaired) electrons. The molecule has 1 fully saturated rings. The lowest BCUT2D eigenvalue weighted by Crippen LogP contribution is -2.52. The molecule has 1 aliphatic rings. The fraction of sp³-hybridized carbons (Fsp3) is 0.423. The summed E-state index contributed by atoms with van der Waals surface area (Å²) in [5.41, 5.74) is 1.84. The Labute approximate surface area is 217 Å². The number of hydrogen-bond donors (Lipinski definition) is 3. The molecule has 198 valence electrons. The van der Waals surface area contributed by atoms with E-state index in [4.69, 9.17) is 0 Å². The van der Waals surface area contributed by atoms with Gasteiger partial charge in [0.15, 0.2) is 5.03 Å². The highest BCUT2D eigenvalue weighted by Crippen LogP contribution is 2.19. The third-order valence-corrected chi connectivity index (χ3v) is 8.18. The van der Waals surface area contributed by atoms with Crippen molar-refractivity contribution in [2.45, 2.75) is 49.4 Å². The van der Waals surface area contributed by atoms with Crippen LogP contribution in [0.1, 0.15) is 34.6 Å². The van der Waals surface area contributed by atoms with Crippen molar-refractivity contribution in [3.05, 3.63) is 78.0 Å². The van der Waals surface area contributed by atoms with E-state index >= 15 is 0 Å². The van der Waals surface area contributed by atoms with Gasteiger partial charge in [-0.25, -0.2) is 18.4 Å². The summed E-state index contributed by atoms with van der Waals surface area (Å²) in [4.78, 5) is 21.4. The summed E-state index contributed by atoms with van der Waals surface area (Å²) < 4.78 is 29.9. The molecule has 3 aromatic rings. The standard InChI is InChI=1S/C26H34N6O4S/c1-19-8-6-12-22(29-19)26(34)30-23(14-20-9-4-3-5-10-20)24(33)16-32(15-21-11-7-13-27-21)37(35,36)25-17-31(2)18-28-25/h3-6,8-10,12,17-18,21,23-24,27,33H,7,11,13-16H2,1-2H3,(H,30,34)/t21-,23?,24?/m1/s1. The van der Waals surface area contributed by atoms with Gasteiger partial charge in [-0.15, -0.1) is 0 Å². The molecule has 1 amide bonds. The number of carbonyl (C=O) groups excluding carboxylic acids is 1. The summed E-state index contributed by atoms with van der Waals surface area (Å²) in [6, 6.07) is 13.8. The van der Waals surface area contributed by atoms with E-state index in [1.54, 1.807) is 36.7 Å². The van der Waals surface area contributed by atoms with Crippen LogP contribution in [0.4, 0.5) is 0 Å². The molecule has 2 unspecified atom stereocenters. The summed E-state index contributed by atoms with van der Waals surface area (Å²) in [6.45, 7) is 2.61. The molecule has 0 bridgehead atoms. The molecule has 11 heteroatoms. The minimum absolute atomic E-state index is 0.0238. The second-order valence-corrected chi connectivity index (χ2v) is 11.4. The second kappa shape index (κ2) is 12.0. The Morgan fingerprint density at radius 3 is 2.68 bits per heavy atom. The lowest BCUT2D eigenvalue weighted by Gasteiger charge is -2.30. The molecule has 3 atom stereocenters. The number of benzene rings is 1. The number of carbonyl (C=O) groups is 1. The first-order valence-corrected chi connectivity index (χ1v) is 13.8. The summed E-state index contributed by atoms with van der Waals surface area (Å²) >= 11 is 0. The van der Waals surface area contributed by atoms with Gasteiger partial charge in [0.05, 0.1) is 18.5 Å². The second-order valence-electron chi connectivity index (χ2n) is 9.49. The van der Waals surface area contributed by atoms with E-state index in [0.29, 0.717) is 12.1 Å². The van der Waals surface area contributed by atoms with Crippen LogP contribution in [0.3, 0.4) is 0 Å². The predicted octanol–water partition coefficient (Wildman–Crippen LogP) is 1.27. The predicted molar refractivity (Wildman–Crippen MR) is 139 cm³/mol. The number of nitrogens with one attached hydrogen (secondary N) is 2. The van der Waals surface area contributed by atoms with Crippen LogP contribution in [0.5, 0.6) is 0 Å². The summed E-state index contributed by atoms with van der Waals surface area (Å²) in [5.74, 6) is -0.430. The van der Waals surface area contributed by atoms with Gasteiger partial charge in [0.1, 0.15) is 5.69 Å². The molecule has 10 nitrogen and oxygen atoms in total. The van der Waals surface area contributed by atoms with Gasteiger partial charge < -0.3 is 20.3 Å². The highest BCUT2D eigenvalue weighted by molar-refractivity contribution is 7.89. The molecule has 1 aliphatic heterocycles. The van der Waals surface area contributed by atoms with Crippen molar-refractivity contribution in [2.24, 2.45) is 7.05 Å². The van der Waals surface area contributed by atoms with Crippen molar-refractivity contribution < 1.29 is 18.3 Å². The van der Waals surface area contributed by atoms with Crippen molar-refractivity contribution in [3.8, 4) is 0 Å². The molecule has 0 spiro atoms. The molecule has 4 rings (SSSR count). The highest BCUT2D eigenvalue weighted by atomic mass is 32.2. The maximum Gasteiger partial charge on any atom is 0.270 e. The fourth-order valence-electron chi connectivity index (χ4n) is 4.48. The first-order valence-electron chi connectivity index (χ1n) is 12.4. The quantitative estimate of drug-likeness (QED) is 0.343. The summed E-state index contributed by atoms with van der Waals surface area (Å²) in [6.07, 6.45) is 3.81. The molecule has 0 saturated carbocycles. The van der Waals surface area contributed by atoms with Gasteiger partial charge in [-0.2, -0.15) is 4.31 Å². The smallest absolute Gasteiger partial charge is 0.270 e. The average molecular weight is 527 g/mol. The maximum absolute atomic E-state index is 13.5. The summed E-state index contributed by atoms with van der Waals surface area (Å²) in [5, 5.41) is 17.5. The Morgan fingerprint density at radius 1 is 1.24 bits per heavy atom. The van der Waals surface area contributed by atoms with E-state index < -0.39 is 28.1 Å². The van der Waals surface area contributed by atoms with Crippen molar-refractivity contribution in [1.82, 2.24) is 29.5 Å². The lowest BCUT2D eigenvalue weighted by molar-refractivity contribution is 0.0774. The topological polar surface area (TPSA) is 129 Å². The Bertz CT molecular complexity index is 1290. The van der Waals surface area contributed by atoms with Gasteiger partial charge in [-0.05, 0) is 50.4 Å². The number of hydrogen-bond acceptors (Lipinski definition) is 7. The van der Waals surface area contributed by atoms with Crippen molar-refractivity contribution in [1.29, 1.82) is 0 Å². The first-order chi connectivity index (χ1) is 17.7. The number of aromatic nitrogens is 3. The van der Waals surface area contributed by atoms with Gasteiger partial charge >= 0.3 is 0 Å². The van der Waals surface area contributed by atoms with Crippen LogP contribution < -0.4 is 10.6 Å². The normalized spacial score (nSPS) is 17.6. The van der Waals surface area contributed by atoms with Crippen molar-refractivity contribution >= 4 is 15.9 Å². The molecule has 37 heavy (non-hydrogen) atoms. The Hall–Kier alpha value is -3.12. The van der Waals surface area contributed by atoms with E-state index in [1.807, 2.05) is 30.3 Å². The third-order valence-electron chi connectivity index (χ3n) is 6.46. The molecule has 3 N–H and O–H groups in total. The number of pyridine rings is 1. The van der Waals surface area contributed by atoms with Crippen LogP contribution in [0.2, 0.25) is 0 Å². The van der Waals surface area contributed by atoms with Crippen LogP contribution in [-0.4, -0.2) is 76.1 Å². The Balaban J connectivity index is 1.59. The number of amides is 1. The number of aliphatic hydroxyl groups is 1. The number of aryl methyl sites for hydroxylation is 2. The third kappa shape index (κ3) is 7.01. The Morgan fingerprint density at radius 2 is 2.03 bits per heavy atom. The van der Waals surface area contributed by atoms with Crippen LogP contribution in [0, 0.1) is 6.92 Å². The van der Waals surface area contributed by atoms with Gasteiger partial charge in [-0.3, -0.25) is 4.79 Å². The van der Waals surface area contributed by atoms with Gasteiger partial charge in [-0.1, -0.05) is 36.4 Å². The zero-order valence-electron chi connectivity index (χ0n) is 21.1. The SMILES string of the molecule is Cc1cccc(C(=O)NC(Cc2ccccc2)C(O)CN(C[C@H]2CCCN2)S(=O)(=O)c2cn(C)cn2)n1. The average Bonchev–Trinajstić information content (AvgIpc) is 3.56. The van der Waals surface area contributed by atoms with E-state index in [-0.39, 0.29) is 29.9 Å². The fourth-order valence-corrected chi connectivity index (χ4v) is 5.95. The van der Waals surface area contributed by atoms with Crippen LogP contribution in [0.25, 0.3) is 0 Å². The van der Waals surface area contributed by atoms with E-state index in [9.17, 15) is 18.3 Å². The molecule has 3 heterocycles. The van der Waals surface area contributed by atoms with Crippen molar-refractivity contribution in [2.75, 3.05) is 19.6 Å². The first kappa shape index (κ1) is 26.9. The largest absolute Gasteiger partial charge is 0.390 e. The lowest BCUT2D eigenvalue weighted by atomic mass is 10.0. The zero-order chi connectivity index (χ0) is 26.4. The number of sulfonamides is 1. The molecule has 0 aliphatic carbocycles.